The van der Waals surface area contributed by atoms with Crippen molar-refractivity contribution in [1.82, 2.24) is 9.13 Å². The first-order chi connectivity index (χ1) is 16.1. The van der Waals surface area contributed by atoms with Crippen LogP contribution in [0.25, 0.3) is 33.9 Å². The van der Waals surface area contributed by atoms with Crippen LogP contribution in [0.2, 0.25) is 0 Å². The Morgan fingerprint density at radius 2 is 0.909 bits per heavy atom. The molecule has 0 spiro atoms. The van der Waals surface area contributed by atoms with Gasteiger partial charge in [-0.2, -0.15) is 0 Å². The third-order valence-electron chi connectivity index (χ3n) is 5.79. The van der Waals surface area contributed by atoms with Crippen LogP contribution < -0.4 is 4.90 Å². The maximum Gasteiger partial charge on any atom is 0.190 e. The van der Waals surface area contributed by atoms with E-state index in [2.05, 4.69) is 125 Å². The van der Waals surface area contributed by atoms with Crippen molar-refractivity contribution < 1.29 is 0 Å². The lowest BCUT2D eigenvalue weighted by Gasteiger charge is -2.15. The van der Waals surface area contributed by atoms with Crippen LogP contribution in [0.15, 0.2) is 115 Å². The van der Waals surface area contributed by atoms with E-state index in [1.54, 1.807) is 0 Å². The maximum absolute atomic E-state index is 6.15. The van der Waals surface area contributed by atoms with Gasteiger partial charge in [-0.15, -0.1) is 0 Å². The number of anilines is 1. The third kappa shape index (κ3) is 3.90. The predicted molar refractivity (Wildman–Crippen MR) is 141 cm³/mol. The summed E-state index contributed by atoms with van der Waals surface area (Å²) in [6.45, 7) is 0. The monoisotopic (exact) mass is 447 g/mol. The molecule has 0 aliphatic heterocycles. The SMILES string of the molecule is CN(C)c1ccc(-c2c(-c3ccccc3)n(-c3ccccc3)c(=S)n2-c2ccccc2)cc1. The van der Waals surface area contributed by atoms with Gasteiger partial charge >= 0.3 is 0 Å². The third-order valence-corrected chi connectivity index (χ3v) is 6.15. The number of aromatic nitrogens is 2. The number of benzene rings is 4. The second-order valence-corrected chi connectivity index (χ2v) is 8.49. The number of para-hydroxylation sites is 2. The molecule has 4 heteroatoms. The standard InChI is InChI=1S/C29H25N3S/c1-30(2)24-20-18-23(19-21-24)28-27(22-12-6-3-7-13-22)31(25-14-8-4-9-15-25)29(33)32(28)26-16-10-5-11-17-26/h3-21H,1-2H3. The van der Waals surface area contributed by atoms with E-state index >= 15 is 0 Å². The van der Waals surface area contributed by atoms with Crippen LogP contribution in [-0.4, -0.2) is 23.2 Å². The molecule has 0 N–H and O–H groups in total. The van der Waals surface area contributed by atoms with Gasteiger partial charge in [0.1, 0.15) is 0 Å². The minimum atomic E-state index is 0.734. The van der Waals surface area contributed by atoms with Crippen LogP contribution >= 0.6 is 12.2 Å². The Kier molecular flexibility index (Phi) is 5.68. The summed E-state index contributed by atoms with van der Waals surface area (Å²) < 4.78 is 5.11. The molecule has 0 radical (unpaired) electrons. The molecular weight excluding hydrogens is 422 g/mol. The van der Waals surface area contributed by atoms with E-state index in [1.165, 1.54) is 0 Å². The lowest BCUT2D eigenvalue weighted by atomic mass is 10.0. The maximum atomic E-state index is 6.15. The van der Waals surface area contributed by atoms with Crippen molar-refractivity contribution in [3.05, 3.63) is 120 Å². The number of hydrogen-bond donors (Lipinski definition) is 0. The number of hydrogen-bond acceptors (Lipinski definition) is 2. The Balaban J connectivity index is 1.91. The smallest absolute Gasteiger partial charge is 0.190 e. The molecule has 5 rings (SSSR count). The molecule has 4 aromatic carbocycles. The summed E-state index contributed by atoms with van der Waals surface area (Å²) in [6.07, 6.45) is 0. The fourth-order valence-corrected chi connectivity index (χ4v) is 4.57. The van der Waals surface area contributed by atoms with E-state index < -0.39 is 0 Å². The van der Waals surface area contributed by atoms with Gasteiger partial charge in [-0.05, 0) is 48.6 Å². The second-order valence-electron chi connectivity index (χ2n) is 8.13. The van der Waals surface area contributed by atoms with Crippen LogP contribution in [0.1, 0.15) is 0 Å². The van der Waals surface area contributed by atoms with Crippen LogP contribution in [0.4, 0.5) is 5.69 Å². The average molecular weight is 448 g/mol. The van der Waals surface area contributed by atoms with Gasteiger partial charge in [0.15, 0.2) is 4.77 Å². The van der Waals surface area contributed by atoms with Gasteiger partial charge in [-0.1, -0.05) is 78.9 Å². The zero-order valence-corrected chi connectivity index (χ0v) is 19.5. The fourth-order valence-electron chi connectivity index (χ4n) is 4.18. The van der Waals surface area contributed by atoms with Gasteiger partial charge in [0, 0.05) is 42.3 Å². The quantitative estimate of drug-likeness (QED) is 0.260. The van der Waals surface area contributed by atoms with E-state index in [0.717, 1.165) is 44.3 Å². The Morgan fingerprint density at radius 3 is 1.33 bits per heavy atom. The summed E-state index contributed by atoms with van der Waals surface area (Å²) in [6, 6.07) is 39.9. The highest BCUT2D eigenvalue weighted by atomic mass is 32.1. The molecular formula is C29H25N3S. The van der Waals surface area contributed by atoms with Crippen molar-refractivity contribution >= 4 is 17.9 Å². The molecule has 1 heterocycles. The highest BCUT2D eigenvalue weighted by molar-refractivity contribution is 7.71. The largest absolute Gasteiger partial charge is 0.378 e. The molecule has 162 valence electrons. The zero-order chi connectivity index (χ0) is 22.8. The molecule has 0 aliphatic carbocycles. The van der Waals surface area contributed by atoms with Gasteiger partial charge in [0.25, 0.3) is 0 Å². The van der Waals surface area contributed by atoms with E-state index in [1.807, 2.05) is 18.2 Å². The van der Waals surface area contributed by atoms with Crippen LogP contribution in [0, 0.1) is 4.77 Å². The lowest BCUT2D eigenvalue weighted by molar-refractivity contribution is 0.961. The van der Waals surface area contributed by atoms with Gasteiger partial charge < -0.3 is 4.90 Å². The fraction of sp³-hybridized carbons (Fsp3) is 0.0690. The molecule has 0 saturated carbocycles. The summed E-state index contributed by atoms with van der Waals surface area (Å²) in [5.74, 6) is 0. The highest BCUT2D eigenvalue weighted by Gasteiger charge is 2.22. The Labute approximate surface area is 199 Å². The average Bonchev–Trinajstić information content (AvgIpc) is 3.18. The minimum absolute atomic E-state index is 0.734. The summed E-state index contributed by atoms with van der Waals surface area (Å²) in [5, 5.41) is 0. The number of imidazole rings is 1. The van der Waals surface area contributed by atoms with E-state index in [9.17, 15) is 0 Å². The Bertz CT molecular complexity index is 1420. The summed E-state index contributed by atoms with van der Waals surface area (Å²) in [5.41, 5.74) is 7.63. The van der Waals surface area contributed by atoms with Gasteiger partial charge in [0.05, 0.1) is 11.4 Å². The summed E-state index contributed by atoms with van der Waals surface area (Å²) in [4.78, 5) is 2.11. The van der Waals surface area contributed by atoms with Crippen LogP contribution in [-0.2, 0) is 0 Å². The first-order valence-corrected chi connectivity index (χ1v) is 11.4. The molecule has 0 fully saturated rings. The number of nitrogens with zero attached hydrogens (tertiary/aromatic N) is 3. The molecule has 0 unspecified atom stereocenters. The van der Waals surface area contributed by atoms with Crippen molar-refractivity contribution in [1.29, 1.82) is 0 Å². The van der Waals surface area contributed by atoms with Crippen LogP contribution in [0.5, 0.6) is 0 Å². The molecule has 0 bridgehead atoms. The first-order valence-electron chi connectivity index (χ1n) is 11.0. The molecule has 0 saturated heterocycles. The lowest BCUT2D eigenvalue weighted by Crippen LogP contribution is -2.08. The van der Waals surface area contributed by atoms with Crippen molar-refractivity contribution in [3.63, 3.8) is 0 Å². The minimum Gasteiger partial charge on any atom is -0.378 e. The molecule has 0 atom stereocenters. The molecule has 33 heavy (non-hydrogen) atoms. The molecule has 0 aliphatic rings. The van der Waals surface area contributed by atoms with Crippen molar-refractivity contribution in [3.8, 4) is 33.9 Å². The summed E-state index contributed by atoms with van der Waals surface area (Å²) >= 11 is 6.15. The molecule has 0 amide bonds. The van der Waals surface area contributed by atoms with Gasteiger partial charge in [-0.25, -0.2) is 0 Å². The van der Waals surface area contributed by atoms with Crippen molar-refractivity contribution in [2.45, 2.75) is 0 Å². The van der Waals surface area contributed by atoms with Crippen molar-refractivity contribution in [2.75, 3.05) is 19.0 Å². The normalized spacial score (nSPS) is 10.8. The van der Waals surface area contributed by atoms with Gasteiger partial charge in [0.2, 0.25) is 0 Å². The van der Waals surface area contributed by atoms with E-state index in [-0.39, 0.29) is 0 Å². The molecule has 3 nitrogen and oxygen atoms in total. The predicted octanol–water partition coefficient (Wildman–Crippen LogP) is 7.40. The Morgan fingerprint density at radius 1 is 0.515 bits per heavy atom. The van der Waals surface area contributed by atoms with E-state index in [0.29, 0.717) is 0 Å². The molecule has 5 aromatic rings. The molecule has 1 aromatic heterocycles. The number of rotatable bonds is 5. The van der Waals surface area contributed by atoms with Crippen molar-refractivity contribution in [2.24, 2.45) is 0 Å². The van der Waals surface area contributed by atoms with E-state index in [4.69, 9.17) is 12.2 Å². The highest BCUT2D eigenvalue weighted by Crippen LogP contribution is 2.38. The van der Waals surface area contributed by atoms with Gasteiger partial charge in [-0.3, -0.25) is 9.13 Å². The first kappa shape index (κ1) is 21.0. The zero-order valence-electron chi connectivity index (χ0n) is 18.7. The topological polar surface area (TPSA) is 13.1 Å². The second kappa shape index (κ2) is 8.93. The van der Waals surface area contributed by atoms with Crippen LogP contribution in [0.3, 0.4) is 0 Å². The Hall–Kier alpha value is -3.89. The summed E-state index contributed by atoms with van der Waals surface area (Å²) in [7, 11) is 4.11.